The number of rotatable bonds is 5. The Kier molecular flexibility index (Phi) is 4.89. The number of pyridine rings is 1. The lowest BCUT2D eigenvalue weighted by atomic mass is 9.84. The Morgan fingerprint density at radius 2 is 2.00 bits per heavy atom. The normalized spacial score (nSPS) is 21.2. The van der Waals surface area contributed by atoms with E-state index in [4.69, 9.17) is 4.74 Å². The van der Waals surface area contributed by atoms with E-state index in [1.807, 2.05) is 12.1 Å². The third-order valence-corrected chi connectivity index (χ3v) is 4.81. The molecule has 4 nitrogen and oxygen atoms in total. The maximum absolute atomic E-state index is 5.25. The zero-order chi connectivity index (χ0) is 15.5. The molecule has 1 fully saturated rings. The van der Waals surface area contributed by atoms with Crippen molar-refractivity contribution in [1.29, 1.82) is 0 Å². The van der Waals surface area contributed by atoms with E-state index in [0.29, 0.717) is 5.88 Å². The van der Waals surface area contributed by atoms with Crippen LogP contribution in [0.5, 0.6) is 5.88 Å². The summed E-state index contributed by atoms with van der Waals surface area (Å²) in [5.74, 6) is 0.695. The molecular formula is C17H29N3O. The fourth-order valence-electron chi connectivity index (χ4n) is 3.24. The van der Waals surface area contributed by atoms with Gasteiger partial charge >= 0.3 is 0 Å². The van der Waals surface area contributed by atoms with Gasteiger partial charge in [0.2, 0.25) is 5.88 Å². The van der Waals surface area contributed by atoms with Crippen LogP contribution in [0.15, 0.2) is 18.2 Å². The van der Waals surface area contributed by atoms with Gasteiger partial charge in [0.15, 0.2) is 0 Å². The van der Waals surface area contributed by atoms with Gasteiger partial charge in [0.1, 0.15) is 0 Å². The third-order valence-electron chi connectivity index (χ3n) is 4.81. The van der Waals surface area contributed by atoms with Gasteiger partial charge in [-0.3, -0.25) is 4.90 Å². The molecule has 1 aromatic rings. The van der Waals surface area contributed by atoms with Gasteiger partial charge in [0.25, 0.3) is 0 Å². The van der Waals surface area contributed by atoms with Crippen LogP contribution in [0.4, 0.5) is 0 Å². The van der Waals surface area contributed by atoms with Crippen LogP contribution < -0.4 is 10.1 Å². The number of ether oxygens (including phenoxy) is 1. The SMILES string of the molecule is CCC1(CC)CNC(C)(C)CN1Cc1cccc(OC)n1. The zero-order valence-electron chi connectivity index (χ0n) is 14.1. The highest BCUT2D eigenvalue weighted by Crippen LogP contribution is 2.31. The van der Waals surface area contributed by atoms with Gasteiger partial charge in [0.05, 0.1) is 12.8 Å². The fraction of sp³-hybridized carbons (Fsp3) is 0.706. The van der Waals surface area contributed by atoms with Gasteiger partial charge in [-0.25, -0.2) is 4.98 Å². The van der Waals surface area contributed by atoms with Gasteiger partial charge in [-0.1, -0.05) is 19.9 Å². The van der Waals surface area contributed by atoms with E-state index in [1.54, 1.807) is 7.11 Å². The summed E-state index contributed by atoms with van der Waals surface area (Å²) < 4.78 is 5.25. The van der Waals surface area contributed by atoms with E-state index in [2.05, 4.69) is 49.0 Å². The molecule has 1 aromatic heterocycles. The van der Waals surface area contributed by atoms with Crippen molar-refractivity contribution >= 4 is 0 Å². The molecule has 0 radical (unpaired) electrons. The van der Waals surface area contributed by atoms with E-state index in [1.165, 1.54) is 0 Å². The lowest BCUT2D eigenvalue weighted by molar-refractivity contribution is 0.00138. The van der Waals surface area contributed by atoms with Gasteiger partial charge in [-0.2, -0.15) is 0 Å². The molecule has 0 spiro atoms. The predicted molar refractivity (Wildman–Crippen MR) is 86.6 cm³/mol. The topological polar surface area (TPSA) is 37.4 Å². The van der Waals surface area contributed by atoms with Crippen LogP contribution >= 0.6 is 0 Å². The van der Waals surface area contributed by atoms with Crippen molar-refractivity contribution < 1.29 is 4.74 Å². The first-order valence-corrected chi connectivity index (χ1v) is 7.95. The molecule has 1 aliphatic heterocycles. The number of hydrogen-bond acceptors (Lipinski definition) is 4. The molecule has 1 aliphatic rings. The van der Waals surface area contributed by atoms with Crippen LogP contribution in [0.3, 0.4) is 0 Å². The molecule has 2 heterocycles. The molecule has 0 amide bonds. The van der Waals surface area contributed by atoms with Gasteiger partial charge in [-0.05, 0) is 32.8 Å². The highest BCUT2D eigenvalue weighted by molar-refractivity contribution is 5.16. The average molecular weight is 291 g/mol. The van der Waals surface area contributed by atoms with Crippen molar-refractivity contribution in [3.63, 3.8) is 0 Å². The molecule has 118 valence electrons. The largest absolute Gasteiger partial charge is 0.481 e. The monoisotopic (exact) mass is 291 g/mol. The Hall–Kier alpha value is -1.13. The van der Waals surface area contributed by atoms with E-state index >= 15 is 0 Å². The van der Waals surface area contributed by atoms with Crippen molar-refractivity contribution in [2.75, 3.05) is 20.2 Å². The Morgan fingerprint density at radius 3 is 2.62 bits per heavy atom. The van der Waals surface area contributed by atoms with Crippen LogP contribution in [0.1, 0.15) is 46.2 Å². The number of aromatic nitrogens is 1. The molecule has 21 heavy (non-hydrogen) atoms. The van der Waals surface area contributed by atoms with Gasteiger partial charge < -0.3 is 10.1 Å². The average Bonchev–Trinajstić information content (AvgIpc) is 2.48. The molecule has 1 N–H and O–H groups in total. The second kappa shape index (κ2) is 6.32. The molecule has 0 aromatic carbocycles. The lowest BCUT2D eigenvalue weighted by Crippen LogP contribution is -2.67. The molecule has 0 unspecified atom stereocenters. The maximum atomic E-state index is 5.25. The van der Waals surface area contributed by atoms with Crippen LogP contribution in [0.2, 0.25) is 0 Å². The van der Waals surface area contributed by atoms with Gasteiger partial charge in [-0.15, -0.1) is 0 Å². The summed E-state index contributed by atoms with van der Waals surface area (Å²) in [5.41, 5.74) is 1.45. The molecule has 4 heteroatoms. The lowest BCUT2D eigenvalue weighted by Gasteiger charge is -2.52. The van der Waals surface area contributed by atoms with Crippen LogP contribution in [-0.2, 0) is 6.54 Å². The Balaban J connectivity index is 2.23. The van der Waals surface area contributed by atoms with Crippen LogP contribution in [0.25, 0.3) is 0 Å². The van der Waals surface area contributed by atoms with Crippen LogP contribution in [-0.4, -0.2) is 41.2 Å². The summed E-state index contributed by atoms with van der Waals surface area (Å²) in [6.45, 7) is 12.1. The molecule has 0 aliphatic carbocycles. The second-order valence-corrected chi connectivity index (χ2v) is 6.70. The summed E-state index contributed by atoms with van der Waals surface area (Å²) in [6.07, 6.45) is 2.30. The highest BCUT2D eigenvalue weighted by Gasteiger charge is 2.41. The maximum Gasteiger partial charge on any atom is 0.213 e. The van der Waals surface area contributed by atoms with E-state index in [0.717, 1.165) is 38.2 Å². The van der Waals surface area contributed by atoms with Crippen LogP contribution in [0, 0.1) is 0 Å². The minimum Gasteiger partial charge on any atom is -0.481 e. The Morgan fingerprint density at radius 1 is 1.29 bits per heavy atom. The smallest absolute Gasteiger partial charge is 0.213 e. The summed E-state index contributed by atoms with van der Waals surface area (Å²) in [4.78, 5) is 7.19. The minimum absolute atomic E-state index is 0.146. The molecule has 0 atom stereocenters. The number of nitrogens with one attached hydrogen (secondary N) is 1. The molecule has 0 saturated carbocycles. The first kappa shape index (κ1) is 16.2. The summed E-state index contributed by atoms with van der Waals surface area (Å²) in [5, 5.41) is 3.70. The van der Waals surface area contributed by atoms with E-state index < -0.39 is 0 Å². The fourth-order valence-corrected chi connectivity index (χ4v) is 3.24. The summed E-state index contributed by atoms with van der Waals surface area (Å²) in [6, 6.07) is 6.01. The summed E-state index contributed by atoms with van der Waals surface area (Å²) >= 11 is 0. The Labute approximate surface area is 128 Å². The van der Waals surface area contributed by atoms with Crippen molar-refractivity contribution in [3.05, 3.63) is 23.9 Å². The molecule has 1 saturated heterocycles. The van der Waals surface area contributed by atoms with Crippen molar-refractivity contribution in [3.8, 4) is 5.88 Å². The van der Waals surface area contributed by atoms with Gasteiger partial charge in [0, 0.05) is 36.8 Å². The highest BCUT2D eigenvalue weighted by atomic mass is 16.5. The standard InChI is InChI=1S/C17H29N3O/c1-6-17(7-2)12-18-16(3,4)13-20(17)11-14-9-8-10-15(19-14)21-5/h8-10,18H,6-7,11-13H2,1-5H3. The Bertz CT molecular complexity index is 469. The first-order valence-electron chi connectivity index (χ1n) is 7.95. The molecule has 2 rings (SSSR count). The third kappa shape index (κ3) is 3.55. The van der Waals surface area contributed by atoms with E-state index in [9.17, 15) is 0 Å². The zero-order valence-corrected chi connectivity index (χ0v) is 14.1. The van der Waals surface area contributed by atoms with Crippen molar-refractivity contribution in [2.24, 2.45) is 0 Å². The number of piperazine rings is 1. The minimum atomic E-state index is 0.146. The number of hydrogen-bond donors (Lipinski definition) is 1. The van der Waals surface area contributed by atoms with E-state index in [-0.39, 0.29) is 11.1 Å². The quantitative estimate of drug-likeness (QED) is 0.905. The second-order valence-electron chi connectivity index (χ2n) is 6.70. The van der Waals surface area contributed by atoms with Crippen molar-refractivity contribution in [1.82, 2.24) is 15.2 Å². The predicted octanol–water partition coefficient (Wildman–Crippen LogP) is 2.83. The van der Waals surface area contributed by atoms with Crippen molar-refractivity contribution in [2.45, 2.75) is 58.2 Å². The molecular weight excluding hydrogens is 262 g/mol. The number of methoxy groups -OCH3 is 1. The first-order chi connectivity index (χ1) is 9.94. The number of nitrogens with zero attached hydrogens (tertiary/aromatic N) is 2. The summed E-state index contributed by atoms with van der Waals surface area (Å²) in [7, 11) is 1.67. The molecule has 0 bridgehead atoms.